The van der Waals surface area contributed by atoms with Crippen molar-refractivity contribution in [1.29, 1.82) is 0 Å². The average Bonchev–Trinajstić information content (AvgIpc) is 1.71. The number of para-hydroxylation sites is 4. The van der Waals surface area contributed by atoms with Gasteiger partial charge < -0.3 is 8.83 Å². The molecule has 0 saturated heterocycles. The van der Waals surface area contributed by atoms with Gasteiger partial charge in [0.2, 0.25) is 11.8 Å². The van der Waals surface area contributed by atoms with Gasteiger partial charge in [-0.05, 0) is 231 Å². The molecule has 0 aliphatic heterocycles. The third kappa shape index (κ3) is 9.99. The molecule has 0 bridgehead atoms. The lowest BCUT2D eigenvalue weighted by atomic mass is 9.84. The first-order valence-corrected chi connectivity index (χ1v) is 34.6. The predicted octanol–water partition coefficient (Wildman–Crippen LogP) is 25.7. The van der Waals surface area contributed by atoms with Gasteiger partial charge in [0.25, 0.3) is 0 Å². The summed E-state index contributed by atoms with van der Waals surface area (Å²) in [5, 5.41) is 16.8. The summed E-state index contributed by atoms with van der Waals surface area (Å²) in [6.07, 6.45) is 0. The van der Waals surface area contributed by atoms with Crippen LogP contribution in [-0.4, -0.2) is 19.9 Å². The van der Waals surface area contributed by atoms with Crippen LogP contribution >= 0.6 is 22.7 Å². The standard InChI is InChI=1S/C46H30N2S2.C44H26N2O2/c1-27-11-21-39-41(23-27)49-45(47-39)31-17-13-29(14-18-31)43-35-9-5-6-10-36(35)44(38-26-34-8-4-3-7-33(34)25-37(38)43)30-15-19-32(20-16-30)46-48-40-22-12-28(2)24-42(40)50-46;1-2-10-32-26-36-35(25-31(32)9-1)41(27-17-21-29(22-18-27)43-45-37-13-5-7-15-39(37)47-43)33-11-3-4-12-34(33)42(36)28-19-23-30(24-20-28)44-46-38-14-6-8-16-40(38)48-44/h3-26H,1-2H3;1-26H. The Morgan fingerprint density at radius 3 is 0.847 bits per heavy atom. The van der Waals surface area contributed by atoms with Gasteiger partial charge in [-0.1, -0.05) is 206 Å². The van der Waals surface area contributed by atoms with Gasteiger partial charge in [0.1, 0.15) is 21.0 Å². The highest BCUT2D eigenvalue weighted by atomic mass is 32.1. The molecule has 8 heteroatoms. The zero-order valence-electron chi connectivity index (χ0n) is 53.3. The van der Waals surface area contributed by atoms with E-state index in [0.29, 0.717) is 11.8 Å². The Morgan fingerprint density at radius 1 is 0.235 bits per heavy atom. The summed E-state index contributed by atoms with van der Waals surface area (Å²) < 4.78 is 14.6. The van der Waals surface area contributed by atoms with Crippen LogP contribution in [0.5, 0.6) is 0 Å². The molecule has 20 aromatic rings. The van der Waals surface area contributed by atoms with E-state index in [2.05, 4.69) is 269 Å². The highest BCUT2D eigenvalue weighted by Gasteiger charge is 2.22. The topological polar surface area (TPSA) is 77.8 Å². The number of fused-ring (bicyclic) bond motifs is 10. The van der Waals surface area contributed by atoms with E-state index >= 15 is 0 Å². The van der Waals surface area contributed by atoms with Crippen molar-refractivity contribution in [2.45, 2.75) is 13.8 Å². The minimum absolute atomic E-state index is 0.625. The van der Waals surface area contributed by atoms with Crippen molar-refractivity contribution in [3.63, 3.8) is 0 Å². The molecule has 4 aromatic heterocycles. The smallest absolute Gasteiger partial charge is 0.227 e. The molecule has 0 unspecified atom stereocenters. The summed E-state index contributed by atoms with van der Waals surface area (Å²) in [4.78, 5) is 19.4. The van der Waals surface area contributed by atoms with Crippen molar-refractivity contribution < 1.29 is 8.83 Å². The van der Waals surface area contributed by atoms with E-state index in [4.69, 9.17) is 28.8 Å². The fraction of sp³-hybridized carbons (Fsp3) is 0.0222. The molecular weight excluding hydrogens is 1230 g/mol. The van der Waals surface area contributed by atoms with Gasteiger partial charge in [0.15, 0.2) is 11.2 Å². The molecule has 0 saturated carbocycles. The molecule has 0 spiro atoms. The number of nitrogens with zero attached hydrogens (tertiary/aromatic N) is 4. The normalized spacial score (nSPS) is 11.8. The summed E-state index contributed by atoms with van der Waals surface area (Å²) in [5.74, 6) is 1.25. The van der Waals surface area contributed by atoms with E-state index in [1.807, 2.05) is 48.5 Å². The summed E-state index contributed by atoms with van der Waals surface area (Å²) in [7, 11) is 0. The van der Waals surface area contributed by atoms with Crippen LogP contribution in [0.1, 0.15) is 11.1 Å². The number of hydrogen-bond donors (Lipinski definition) is 0. The first kappa shape index (κ1) is 57.3. The van der Waals surface area contributed by atoms with Crippen molar-refractivity contribution in [3.05, 3.63) is 314 Å². The Balaban J connectivity index is 0.000000137. The highest BCUT2D eigenvalue weighted by Crippen LogP contribution is 2.49. The van der Waals surface area contributed by atoms with Crippen LogP contribution in [0, 0.1) is 13.8 Å². The third-order valence-electron chi connectivity index (χ3n) is 19.1. The third-order valence-corrected chi connectivity index (χ3v) is 21.3. The molecule has 4 heterocycles. The molecule has 0 atom stereocenters. The number of hydrogen-bond acceptors (Lipinski definition) is 8. The second kappa shape index (κ2) is 23.3. The van der Waals surface area contributed by atoms with Gasteiger partial charge in [0.05, 0.1) is 20.4 Å². The van der Waals surface area contributed by atoms with Gasteiger partial charge in [-0.15, -0.1) is 22.7 Å². The lowest BCUT2D eigenvalue weighted by molar-refractivity contribution is 0.619. The SMILES string of the molecule is Cc1ccc2nc(-c3ccc(-c4c5ccccc5c(-c5ccc(-c6nc7ccc(C)cc7s6)cc5)c5cc6ccccc6cc45)cc3)sc2c1.c1ccc2cc3c(-c4ccc(-c5nc6ccccc6o5)cc4)c4ccccc4c(-c4ccc(-c5nc6ccccc6o5)cc4)c3cc2c1. The van der Waals surface area contributed by atoms with Gasteiger partial charge in [-0.25, -0.2) is 19.9 Å². The molecule has 16 aromatic carbocycles. The number of rotatable bonds is 8. The number of oxazole rings is 2. The van der Waals surface area contributed by atoms with Crippen LogP contribution in [0.3, 0.4) is 0 Å². The summed E-state index contributed by atoms with van der Waals surface area (Å²) in [6, 6.07) is 108. The lowest BCUT2D eigenvalue weighted by Gasteiger charge is -2.19. The van der Waals surface area contributed by atoms with Crippen LogP contribution < -0.4 is 0 Å². The molecule has 0 aliphatic rings. The summed E-state index contributed by atoms with van der Waals surface area (Å²) in [5.41, 5.74) is 21.8. The number of aryl methyl sites for hydroxylation is 2. The molecule has 0 amide bonds. The average molecular weight is 1290 g/mol. The molecule has 98 heavy (non-hydrogen) atoms. The predicted molar refractivity (Wildman–Crippen MR) is 412 cm³/mol. The van der Waals surface area contributed by atoms with Crippen LogP contribution in [0.15, 0.2) is 312 Å². The molecule has 460 valence electrons. The van der Waals surface area contributed by atoms with Gasteiger partial charge in [-0.2, -0.15) is 0 Å². The highest BCUT2D eigenvalue weighted by molar-refractivity contribution is 7.22. The Morgan fingerprint density at radius 2 is 0.520 bits per heavy atom. The number of benzene rings is 16. The summed E-state index contributed by atoms with van der Waals surface area (Å²) >= 11 is 3.52. The second-order valence-corrected chi connectivity index (χ2v) is 27.4. The van der Waals surface area contributed by atoms with Crippen molar-refractivity contribution in [2.24, 2.45) is 0 Å². The van der Waals surface area contributed by atoms with Crippen LogP contribution in [0.2, 0.25) is 0 Å². The van der Waals surface area contributed by atoms with E-state index in [-0.39, 0.29) is 0 Å². The zero-order chi connectivity index (χ0) is 65.0. The second-order valence-electron chi connectivity index (χ2n) is 25.3. The monoisotopic (exact) mass is 1290 g/mol. The van der Waals surface area contributed by atoms with E-state index < -0.39 is 0 Å². The van der Waals surface area contributed by atoms with Crippen LogP contribution in [0.25, 0.3) is 196 Å². The molecule has 0 aliphatic carbocycles. The molecule has 0 radical (unpaired) electrons. The summed E-state index contributed by atoms with van der Waals surface area (Å²) in [6.45, 7) is 4.27. The van der Waals surface area contributed by atoms with Crippen LogP contribution in [0.4, 0.5) is 0 Å². The van der Waals surface area contributed by atoms with Gasteiger partial charge in [-0.3, -0.25) is 0 Å². The van der Waals surface area contributed by atoms with E-state index in [1.54, 1.807) is 22.7 Å². The van der Waals surface area contributed by atoms with Crippen LogP contribution in [-0.2, 0) is 0 Å². The maximum Gasteiger partial charge on any atom is 0.227 e. The van der Waals surface area contributed by atoms with Crippen molar-refractivity contribution in [3.8, 4) is 88.6 Å². The molecule has 0 fully saturated rings. The maximum atomic E-state index is 6.08. The number of thiazole rings is 2. The Labute approximate surface area is 571 Å². The largest absolute Gasteiger partial charge is 0.436 e. The Kier molecular flexibility index (Phi) is 13.6. The first-order chi connectivity index (χ1) is 48.3. The first-order valence-electron chi connectivity index (χ1n) is 33.0. The van der Waals surface area contributed by atoms with Gasteiger partial charge >= 0.3 is 0 Å². The lowest BCUT2D eigenvalue weighted by Crippen LogP contribution is -1.92. The minimum atomic E-state index is 0.625. The maximum absolute atomic E-state index is 6.08. The zero-order valence-corrected chi connectivity index (χ0v) is 54.9. The van der Waals surface area contributed by atoms with Crippen molar-refractivity contribution in [1.82, 2.24) is 19.9 Å². The van der Waals surface area contributed by atoms with Gasteiger partial charge in [0, 0.05) is 22.3 Å². The molecule has 20 rings (SSSR count). The Hall–Kier alpha value is -12.2. The van der Waals surface area contributed by atoms with E-state index in [9.17, 15) is 0 Å². The van der Waals surface area contributed by atoms with E-state index in [0.717, 1.165) is 76.6 Å². The minimum Gasteiger partial charge on any atom is -0.436 e. The number of aromatic nitrogens is 4. The molecule has 0 N–H and O–H groups in total. The molecular formula is C90H56N4O2S2. The quantitative estimate of drug-likeness (QED) is 0.141. The molecule has 6 nitrogen and oxygen atoms in total. The fourth-order valence-corrected chi connectivity index (χ4v) is 16.5. The van der Waals surface area contributed by atoms with Crippen molar-refractivity contribution in [2.75, 3.05) is 0 Å². The van der Waals surface area contributed by atoms with E-state index in [1.165, 1.54) is 119 Å². The Bertz CT molecular complexity index is 6100. The fourth-order valence-electron chi connectivity index (χ4n) is 14.4. The van der Waals surface area contributed by atoms with Crippen molar-refractivity contribution >= 4 is 130 Å².